The van der Waals surface area contributed by atoms with Crippen LogP contribution in [0.25, 0.3) is 0 Å². The molecule has 1 heterocycles. The summed E-state index contributed by atoms with van der Waals surface area (Å²) in [6.45, 7) is 3.30. The van der Waals surface area contributed by atoms with Crippen molar-refractivity contribution in [3.05, 3.63) is 34.3 Å². The Morgan fingerprint density at radius 2 is 2.21 bits per heavy atom. The van der Waals surface area contributed by atoms with Crippen molar-refractivity contribution in [3.8, 4) is 0 Å². The van der Waals surface area contributed by atoms with E-state index in [9.17, 15) is 4.79 Å². The Kier molecular flexibility index (Phi) is 5.36. The molecule has 1 saturated heterocycles. The third kappa shape index (κ3) is 4.30. The first-order valence-electron chi connectivity index (χ1n) is 6.60. The van der Waals surface area contributed by atoms with Gasteiger partial charge in [-0.25, -0.2) is 0 Å². The van der Waals surface area contributed by atoms with E-state index >= 15 is 0 Å². The van der Waals surface area contributed by atoms with Crippen LogP contribution in [0.5, 0.6) is 0 Å². The first-order valence-corrected chi connectivity index (χ1v) is 7.39. The number of piperazine rings is 1. The zero-order valence-electron chi connectivity index (χ0n) is 11.2. The van der Waals surface area contributed by atoms with Crippen molar-refractivity contribution < 1.29 is 4.79 Å². The lowest BCUT2D eigenvalue weighted by atomic mass is 10.1. The van der Waals surface area contributed by atoms with Crippen molar-refractivity contribution in [3.63, 3.8) is 0 Å². The summed E-state index contributed by atoms with van der Waals surface area (Å²) in [5.74, 6) is 0.117. The number of nitrogens with zero attached hydrogens (tertiary/aromatic N) is 1. The molecule has 4 nitrogen and oxygen atoms in total. The molecule has 104 valence electrons. The number of hydrogen-bond acceptors (Lipinski definition) is 3. The summed E-state index contributed by atoms with van der Waals surface area (Å²) in [5, 5.41) is 6.27. The van der Waals surface area contributed by atoms with Crippen molar-refractivity contribution in [1.82, 2.24) is 15.5 Å². The van der Waals surface area contributed by atoms with Gasteiger partial charge in [0.25, 0.3) is 0 Å². The molecule has 1 aromatic carbocycles. The summed E-state index contributed by atoms with van der Waals surface area (Å²) in [6, 6.07) is 8.15. The van der Waals surface area contributed by atoms with Crippen LogP contribution < -0.4 is 10.6 Å². The van der Waals surface area contributed by atoms with E-state index in [-0.39, 0.29) is 11.9 Å². The van der Waals surface area contributed by atoms with Gasteiger partial charge in [-0.15, -0.1) is 0 Å². The molecule has 0 spiro atoms. The van der Waals surface area contributed by atoms with Gasteiger partial charge in [0.05, 0.1) is 0 Å². The number of nitrogens with one attached hydrogen (secondary N) is 2. The number of benzene rings is 1. The number of likely N-dealkylation sites (N-methyl/N-ethyl adjacent to an activating group) is 1. The van der Waals surface area contributed by atoms with Crippen molar-refractivity contribution in [2.45, 2.75) is 12.5 Å². The summed E-state index contributed by atoms with van der Waals surface area (Å²) in [4.78, 5) is 14.2. The predicted octanol–water partition coefficient (Wildman–Crippen LogP) is 1.01. The molecule has 0 bridgehead atoms. The van der Waals surface area contributed by atoms with Crippen LogP contribution in [0.3, 0.4) is 0 Å². The first-order chi connectivity index (χ1) is 9.16. The summed E-state index contributed by atoms with van der Waals surface area (Å²) >= 11 is 3.41. The molecule has 1 amide bonds. The highest BCUT2D eigenvalue weighted by Crippen LogP contribution is 2.10. The second-order valence-corrected chi connectivity index (χ2v) is 5.78. The highest BCUT2D eigenvalue weighted by molar-refractivity contribution is 9.10. The van der Waals surface area contributed by atoms with Crippen molar-refractivity contribution in [2.24, 2.45) is 0 Å². The van der Waals surface area contributed by atoms with Gasteiger partial charge in [0.2, 0.25) is 5.91 Å². The van der Waals surface area contributed by atoms with Crippen LogP contribution >= 0.6 is 15.9 Å². The van der Waals surface area contributed by atoms with E-state index in [4.69, 9.17) is 0 Å². The molecule has 0 aliphatic carbocycles. The Bertz CT molecular complexity index is 421. The molecule has 2 rings (SSSR count). The van der Waals surface area contributed by atoms with Crippen LogP contribution in [0.4, 0.5) is 0 Å². The zero-order chi connectivity index (χ0) is 13.7. The maximum Gasteiger partial charge on any atom is 0.238 e. The van der Waals surface area contributed by atoms with Gasteiger partial charge in [-0.05, 0) is 31.2 Å². The minimum absolute atomic E-state index is 0.0429. The molecule has 19 heavy (non-hydrogen) atoms. The fraction of sp³-hybridized carbons (Fsp3) is 0.500. The average molecular weight is 326 g/mol. The molecule has 1 atom stereocenters. The summed E-state index contributed by atoms with van der Waals surface area (Å²) in [6.07, 6.45) is 0.864. The Labute approximate surface area is 122 Å². The number of rotatable bonds is 4. The molecular formula is C14H20BrN3O. The minimum atomic E-state index is -0.0429. The van der Waals surface area contributed by atoms with E-state index in [0.29, 0.717) is 6.54 Å². The Hall–Kier alpha value is -0.910. The number of halogens is 1. The summed E-state index contributed by atoms with van der Waals surface area (Å²) in [5.41, 5.74) is 1.23. The summed E-state index contributed by atoms with van der Waals surface area (Å²) < 4.78 is 1.08. The molecule has 0 aromatic heterocycles. The highest BCUT2D eigenvalue weighted by Gasteiger charge is 2.24. The molecule has 2 N–H and O–H groups in total. The predicted molar refractivity (Wildman–Crippen MR) is 80.1 cm³/mol. The molecular weight excluding hydrogens is 306 g/mol. The Morgan fingerprint density at radius 3 is 2.89 bits per heavy atom. The van der Waals surface area contributed by atoms with Gasteiger partial charge < -0.3 is 10.6 Å². The standard InChI is InChI=1S/C14H20BrN3O/c1-18-9-8-16-10-13(18)14(19)17-7-6-11-2-4-12(15)5-3-11/h2-5,13,16H,6-10H2,1H3,(H,17,19). The van der Waals surface area contributed by atoms with Gasteiger partial charge in [-0.1, -0.05) is 28.1 Å². The lowest BCUT2D eigenvalue weighted by molar-refractivity contribution is -0.126. The van der Waals surface area contributed by atoms with E-state index in [2.05, 4.69) is 43.6 Å². The van der Waals surface area contributed by atoms with Crippen LogP contribution in [-0.2, 0) is 11.2 Å². The number of carbonyl (C=O) groups excluding carboxylic acids is 1. The minimum Gasteiger partial charge on any atom is -0.354 e. The molecule has 1 aliphatic rings. The fourth-order valence-corrected chi connectivity index (χ4v) is 2.46. The topological polar surface area (TPSA) is 44.4 Å². The Balaban J connectivity index is 1.75. The van der Waals surface area contributed by atoms with Gasteiger partial charge in [-0.3, -0.25) is 9.69 Å². The number of hydrogen-bond donors (Lipinski definition) is 2. The first kappa shape index (κ1) is 14.5. The molecule has 5 heteroatoms. The third-order valence-corrected chi connectivity index (χ3v) is 3.97. The molecule has 1 fully saturated rings. The smallest absolute Gasteiger partial charge is 0.238 e. The molecule has 1 aliphatic heterocycles. The average Bonchev–Trinajstić information content (AvgIpc) is 2.41. The zero-order valence-corrected chi connectivity index (χ0v) is 12.7. The molecule has 0 radical (unpaired) electrons. The van der Waals surface area contributed by atoms with Crippen molar-refractivity contribution in [1.29, 1.82) is 0 Å². The van der Waals surface area contributed by atoms with Gasteiger partial charge in [-0.2, -0.15) is 0 Å². The van der Waals surface area contributed by atoms with E-state index in [0.717, 1.165) is 30.5 Å². The second-order valence-electron chi connectivity index (χ2n) is 4.87. The van der Waals surface area contributed by atoms with E-state index < -0.39 is 0 Å². The third-order valence-electron chi connectivity index (χ3n) is 3.44. The van der Waals surface area contributed by atoms with E-state index in [1.165, 1.54) is 5.56 Å². The summed E-state index contributed by atoms with van der Waals surface area (Å²) in [7, 11) is 2.00. The molecule has 1 unspecified atom stereocenters. The number of amides is 1. The monoisotopic (exact) mass is 325 g/mol. The second kappa shape index (κ2) is 7.03. The van der Waals surface area contributed by atoms with Crippen LogP contribution in [0, 0.1) is 0 Å². The lowest BCUT2D eigenvalue weighted by Gasteiger charge is -2.31. The maximum absolute atomic E-state index is 12.1. The number of carbonyl (C=O) groups is 1. The van der Waals surface area contributed by atoms with Gasteiger partial charge in [0.15, 0.2) is 0 Å². The van der Waals surface area contributed by atoms with Crippen molar-refractivity contribution in [2.75, 3.05) is 33.2 Å². The quantitative estimate of drug-likeness (QED) is 0.868. The normalized spacial score (nSPS) is 20.2. The van der Waals surface area contributed by atoms with Crippen LogP contribution in [0.2, 0.25) is 0 Å². The van der Waals surface area contributed by atoms with Crippen LogP contribution in [-0.4, -0.2) is 50.1 Å². The highest BCUT2D eigenvalue weighted by atomic mass is 79.9. The van der Waals surface area contributed by atoms with Gasteiger partial charge in [0.1, 0.15) is 6.04 Å². The van der Waals surface area contributed by atoms with Crippen LogP contribution in [0.1, 0.15) is 5.56 Å². The van der Waals surface area contributed by atoms with E-state index in [1.807, 2.05) is 19.2 Å². The maximum atomic E-state index is 12.1. The van der Waals surface area contributed by atoms with Crippen molar-refractivity contribution >= 4 is 21.8 Å². The molecule has 1 aromatic rings. The van der Waals surface area contributed by atoms with Gasteiger partial charge in [0, 0.05) is 30.7 Å². The van der Waals surface area contributed by atoms with Crippen LogP contribution in [0.15, 0.2) is 28.7 Å². The SMILES string of the molecule is CN1CCNCC1C(=O)NCCc1ccc(Br)cc1. The van der Waals surface area contributed by atoms with Gasteiger partial charge >= 0.3 is 0 Å². The largest absolute Gasteiger partial charge is 0.354 e. The lowest BCUT2D eigenvalue weighted by Crippen LogP contribution is -2.56. The van der Waals surface area contributed by atoms with E-state index in [1.54, 1.807) is 0 Å². The molecule has 0 saturated carbocycles. The Morgan fingerprint density at radius 1 is 1.47 bits per heavy atom. The fourth-order valence-electron chi connectivity index (χ4n) is 2.20.